The number of hydrogen-bond acceptors (Lipinski definition) is 3. The Kier molecular flexibility index (Phi) is 3.42. The summed E-state index contributed by atoms with van der Waals surface area (Å²) in [5.41, 5.74) is 1.14. The first kappa shape index (κ1) is 8.59. The normalized spacial score (nSPS) is 10.0. The predicted molar refractivity (Wildman–Crippen MR) is 47.2 cm³/mol. The molecule has 2 N–H and O–H groups in total. The van der Waals surface area contributed by atoms with Gasteiger partial charge < -0.3 is 0 Å². The quantitative estimate of drug-likeness (QED) is 0.553. The number of hydrogen-bond donors (Lipinski definition) is 1. The second-order valence-electron chi connectivity index (χ2n) is 2.12. The first-order chi connectivity index (χ1) is 5.38. The summed E-state index contributed by atoms with van der Waals surface area (Å²) in [4.78, 5) is 5.78. The van der Waals surface area contributed by atoms with Crippen molar-refractivity contribution < 1.29 is 4.84 Å². The average Bonchev–Trinajstić information content (AvgIpc) is 2.06. The van der Waals surface area contributed by atoms with Gasteiger partial charge in [-0.25, -0.2) is 5.90 Å². The number of thioether (sulfide) groups is 1. The van der Waals surface area contributed by atoms with Gasteiger partial charge in [-0.15, -0.1) is 11.8 Å². The van der Waals surface area contributed by atoms with Gasteiger partial charge in [-0.05, 0) is 17.9 Å². The highest BCUT2D eigenvalue weighted by molar-refractivity contribution is 7.98. The molecule has 1 aromatic carbocycles. The second-order valence-corrected chi connectivity index (χ2v) is 2.97. The standard InChI is InChI=1S/C8H11NOS/c1-11-8-5-3-2-4-7(8)6-10-9/h2-5H,6,9H2,1H3. The van der Waals surface area contributed by atoms with Crippen LogP contribution in [0.3, 0.4) is 0 Å². The maximum absolute atomic E-state index is 4.97. The van der Waals surface area contributed by atoms with Gasteiger partial charge in [0.1, 0.15) is 0 Å². The smallest absolute Gasteiger partial charge is 0.0940 e. The molecule has 2 nitrogen and oxygen atoms in total. The van der Waals surface area contributed by atoms with Gasteiger partial charge in [0.25, 0.3) is 0 Å². The van der Waals surface area contributed by atoms with Crippen molar-refractivity contribution in [3.8, 4) is 0 Å². The minimum atomic E-state index is 0.483. The van der Waals surface area contributed by atoms with Crippen LogP contribution in [-0.2, 0) is 11.4 Å². The molecule has 3 heteroatoms. The molecule has 1 rings (SSSR count). The van der Waals surface area contributed by atoms with Crippen LogP contribution in [0.5, 0.6) is 0 Å². The molecule has 0 aliphatic rings. The molecule has 0 spiro atoms. The molecule has 0 fully saturated rings. The second kappa shape index (κ2) is 4.38. The van der Waals surface area contributed by atoms with E-state index in [1.165, 1.54) is 4.90 Å². The summed E-state index contributed by atoms with van der Waals surface area (Å²) >= 11 is 1.70. The van der Waals surface area contributed by atoms with Gasteiger partial charge in [0.05, 0.1) is 6.61 Å². The number of benzene rings is 1. The van der Waals surface area contributed by atoms with Crippen LogP contribution in [0.15, 0.2) is 29.2 Å². The fourth-order valence-electron chi connectivity index (χ4n) is 0.912. The van der Waals surface area contributed by atoms with Crippen LogP contribution in [0.4, 0.5) is 0 Å². The van der Waals surface area contributed by atoms with Crippen molar-refractivity contribution in [3.63, 3.8) is 0 Å². The number of rotatable bonds is 3. The summed E-state index contributed by atoms with van der Waals surface area (Å²) in [7, 11) is 0. The monoisotopic (exact) mass is 169 g/mol. The fourth-order valence-corrected chi connectivity index (χ4v) is 1.52. The Balaban J connectivity index is 2.83. The van der Waals surface area contributed by atoms with E-state index in [1.54, 1.807) is 11.8 Å². The van der Waals surface area contributed by atoms with E-state index in [1.807, 2.05) is 24.5 Å². The molecule has 0 atom stereocenters. The lowest BCUT2D eigenvalue weighted by atomic mass is 10.2. The Hall–Kier alpha value is -0.510. The molecule has 0 unspecified atom stereocenters. The van der Waals surface area contributed by atoms with Crippen molar-refractivity contribution in [3.05, 3.63) is 29.8 Å². The van der Waals surface area contributed by atoms with Gasteiger partial charge in [0, 0.05) is 4.90 Å². The van der Waals surface area contributed by atoms with E-state index in [0.29, 0.717) is 6.61 Å². The molecule has 0 aromatic heterocycles. The zero-order valence-corrected chi connectivity index (χ0v) is 7.23. The van der Waals surface area contributed by atoms with E-state index in [2.05, 4.69) is 10.9 Å². The zero-order chi connectivity index (χ0) is 8.10. The van der Waals surface area contributed by atoms with Gasteiger partial charge >= 0.3 is 0 Å². The Bertz CT molecular complexity index is 227. The van der Waals surface area contributed by atoms with E-state index in [-0.39, 0.29) is 0 Å². The fraction of sp³-hybridized carbons (Fsp3) is 0.250. The third-order valence-electron chi connectivity index (χ3n) is 1.43. The lowest BCUT2D eigenvalue weighted by Crippen LogP contribution is -1.99. The number of nitrogens with two attached hydrogens (primary N) is 1. The average molecular weight is 169 g/mol. The molecule has 0 aliphatic heterocycles. The van der Waals surface area contributed by atoms with E-state index in [9.17, 15) is 0 Å². The molecule has 1 aromatic rings. The zero-order valence-electron chi connectivity index (χ0n) is 6.41. The van der Waals surface area contributed by atoms with Crippen molar-refractivity contribution in [2.75, 3.05) is 6.26 Å². The summed E-state index contributed by atoms with van der Waals surface area (Å²) in [6, 6.07) is 8.05. The lowest BCUT2D eigenvalue weighted by molar-refractivity contribution is 0.122. The van der Waals surface area contributed by atoms with Crippen molar-refractivity contribution >= 4 is 11.8 Å². The van der Waals surface area contributed by atoms with Gasteiger partial charge in [0.15, 0.2) is 0 Å². The summed E-state index contributed by atoms with van der Waals surface area (Å²) in [6.07, 6.45) is 2.04. The van der Waals surface area contributed by atoms with Crippen molar-refractivity contribution in [2.45, 2.75) is 11.5 Å². The molecule has 0 bridgehead atoms. The van der Waals surface area contributed by atoms with Crippen LogP contribution in [-0.4, -0.2) is 6.26 Å². The maximum atomic E-state index is 4.97. The minimum absolute atomic E-state index is 0.483. The largest absolute Gasteiger partial charge is 0.300 e. The van der Waals surface area contributed by atoms with Gasteiger partial charge in [-0.1, -0.05) is 18.2 Å². The van der Waals surface area contributed by atoms with Crippen LogP contribution < -0.4 is 5.90 Å². The molecule has 0 saturated carbocycles. The molecule has 60 valence electrons. The van der Waals surface area contributed by atoms with Gasteiger partial charge in [0.2, 0.25) is 0 Å². The highest BCUT2D eigenvalue weighted by Gasteiger charge is 1.97. The Labute approximate surface area is 70.7 Å². The van der Waals surface area contributed by atoms with Crippen LogP contribution >= 0.6 is 11.8 Å². The van der Waals surface area contributed by atoms with Crippen LogP contribution in [0.25, 0.3) is 0 Å². The summed E-state index contributed by atoms with van der Waals surface area (Å²) < 4.78 is 0. The summed E-state index contributed by atoms with van der Waals surface area (Å²) in [6.45, 7) is 0.483. The van der Waals surface area contributed by atoms with E-state index < -0.39 is 0 Å². The Morgan fingerprint density at radius 3 is 2.82 bits per heavy atom. The van der Waals surface area contributed by atoms with E-state index >= 15 is 0 Å². The highest BCUT2D eigenvalue weighted by atomic mass is 32.2. The predicted octanol–water partition coefficient (Wildman–Crippen LogP) is 1.80. The minimum Gasteiger partial charge on any atom is -0.300 e. The van der Waals surface area contributed by atoms with E-state index in [0.717, 1.165) is 5.56 Å². The molecular formula is C8H11NOS. The summed E-state index contributed by atoms with van der Waals surface area (Å²) in [5, 5.41) is 0. The molecule has 0 heterocycles. The van der Waals surface area contributed by atoms with Crippen molar-refractivity contribution in [1.82, 2.24) is 0 Å². The molecular weight excluding hydrogens is 158 g/mol. The summed E-state index contributed by atoms with van der Waals surface area (Å²) in [5.74, 6) is 4.97. The Morgan fingerprint density at radius 2 is 2.18 bits per heavy atom. The van der Waals surface area contributed by atoms with Crippen LogP contribution in [0.1, 0.15) is 5.56 Å². The first-order valence-corrected chi connectivity index (χ1v) is 4.54. The molecule has 0 saturated heterocycles. The SMILES string of the molecule is CSc1ccccc1CON. The van der Waals surface area contributed by atoms with Gasteiger partial charge in [-0.3, -0.25) is 4.84 Å². The molecule has 0 amide bonds. The Morgan fingerprint density at radius 1 is 1.45 bits per heavy atom. The van der Waals surface area contributed by atoms with Gasteiger partial charge in [-0.2, -0.15) is 0 Å². The first-order valence-electron chi connectivity index (χ1n) is 3.32. The topological polar surface area (TPSA) is 35.2 Å². The van der Waals surface area contributed by atoms with E-state index in [4.69, 9.17) is 5.90 Å². The third kappa shape index (κ3) is 2.22. The van der Waals surface area contributed by atoms with Crippen molar-refractivity contribution in [2.24, 2.45) is 5.90 Å². The molecule has 11 heavy (non-hydrogen) atoms. The highest BCUT2D eigenvalue weighted by Crippen LogP contribution is 2.19. The molecule has 0 radical (unpaired) electrons. The lowest BCUT2D eigenvalue weighted by Gasteiger charge is -2.03. The van der Waals surface area contributed by atoms with Crippen LogP contribution in [0.2, 0.25) is 0 Å². The van der Waals surface area contributed by atoms with Crippen LogP contribution in [0, 0.1) is 0 Å². The van der Waals surface area contributed by atoms with Crippen molar-refractivity contribution in [1.29, 1.82) is 0 Å². The third-order valence-corrected chi connectivity index (χ3v) is 2.27. The maximum Gasteiger partial charge on any atom is 0.0940 e. The molecule has 0 aliphatic carbocycles.